The minimum atomic E-state index is -2.20. The van der Waals surface area contributed by atoms with E-state index >= 15 is 0 Å². The van der Waals surface area contributed by atoms with Gasteiger partial charge in [0.2, 0.25) is 5.60 Å². The zero-order valence-corrected chi connectivity index (χ0v) is 15.8. The van der Waals surface area contributed by atoms with Gasteiger partial charge in [-0.05, 0) is 42.5 Å². The van der Waals surface area contributed by atoms with Crippen molar-refractivity contribution in [3.63, 3.8) is 0 Å². The van der Waals surface area contributed by atoms with Gasteiger partial charge in [-0.25, -0.2) is 0 Å². The number of hydrogen-bond acceptors (Lipinski definition) is 6. The van der Waals surface area contributed by atoms with Gasteiger partial charge in [-0.15, -0.1) is 0 Å². The third-order valence-electron chi connectivity index (χ3n) is 5.07. The maximum Gasteiger partial charge on any atom is 0.275 e. The number of amides is 2. The topological polar surface area (TPSA) is 108 Å². The number of likely N-dealkylation sites (N-methyl/N-ethyl adjacent to an activating group) is 1. The fourth-order valence-corrected chi connectivity index (χ4v) is 3.84. The summed E-state index contributed by atoms with van der Waals surface area (Å²) in [5, 5.41) is 11.9. The number of hydrogen-bond donors (Lipinski definition) is 2. The number of ether oxygens (including phenoxy) is 1. The van der Waals surface area contributed by atoms with Gasteiger partial charge in [-0.3, -0.25) is 14.5 Å². The van der Waals surface area contributed by atoms with Gasteiger partial charge in [0.1, 0.15) is 5.75 Å². The minimum absolute atomic E-state index is 0.0669. The largest absolute Gasteiger partial charge is 0.497 e. The Kier molecular flexibility index (Phi) is 4.06. The third-order valence-corrected chi connectivity index (χ3v) is 5.31. The van der Waals surface area contributed by atoms with Crippen molar-refractivity contribution in [2.75, 3.05) is 19.1 Å². The van der Waals surface area contributed by atoms with E-state index in [0.29, 0.717) is 22.1 Å². The number of aliphatic imine (C=N–C) groups is 1. The SMILES string of the molecule is COc1ccc(N2C(=O)C(O)(C3C(=O)N=C(N)N3C)c3cc(Cl)ccc32)cc1. The van der Waals surface area contributed by atoms with Crippen LogP contribution in [-0.4, -0.2) is 48.0 Å². The van der Waals surface area contributed by atoms with E-state index in [2.05, 4.69) is 4.99 Å². The molecular weight excluding hydrogens is 384 g/mol. The molecule has 0 fully saturated rings. The molecule has 0 radical (unpaired) electrons. The zero-order valence-electron chi connectivity index (χ0n) is 15.1. The molecule has 2 amide bonds. The van der Waals surface area contributed by atoms with Crippen LogP contribution < -0.4 is 15.4 Å². The van der Waals surface area contributed by atoms with Crippen LogP contribution in [0.5, 0.6) is 5.75 Å². The summed E-state index contributed by atoms with van der Waals surface area (Å²) in [5.74, 6) is -0.833. The van der Waals surface area contributed by atoms with Crippen LogP contribution in [-0.2, 0) is 15.2 Å². The number of guanidine groups is 1. The lowest BCUT2D eigenvalue weighted by molar-refractivity contribution is -0.147. The summed E-state index contributed by atoms with van der Waals surface area (Å²) in [4.78, 5) is 32.3. The predicted octanol–water partition coefficient (Wildman–Crippen LogP) is 1.37. The number of nitrogens with two attached hydrogens (primary N) is 1. The van der Waals surface area contributed by atoms with Gasteiger partial charge in [-0.1, -0.05) is 11.6 Å². The number of rotatable bonds is 3. The fraction of sp³-hybridized carbons (Fsp3) is 0.211. The Morgan fingerprint density at radius 1 is 1.21 bits per heavy atom. The second-order valence-electron chi connectivity index (χ2n) is 6.59. The number of methoxy groups -OCH3 is 1. The van der Waals surface area contributed by atoms with E-state index in [1.54, 1.807) is 36.4 Å². The monoisotopic (exact) mass is 400 g/mol. The fourth-order valence-electron chi connectivity index (χ4n) is 3.67. The van der Waals surface area contributed by atoms with Crippen molar-refractivity contribution < 1.29 is 19.4 Å². The Morgan fingerprint density at radius 2 is 1.89 bits per heavy atom. The first-order chi connectivity index (χ1) is 13.3. The molecule has 2 heterocycles. The molecule has 8 nitrogen and oxygen atoms in total. The molecular formula is C19H17ClN4O4. The van der Waals surface area contributed by atoms with Gasteiger partial charge < -0.3 is 20.5 Å². The number of aliphatic hydroxyl groups is 1. The molecule has 4 rings (SSSR count). The van der Waals surface area contributed by atoms with Crippen molar-refractivity contribution in [2.24, 2.45) is 10.7 Å². The van der Waals surface area contributed by atoms with Gasteiger partial charge in [0.15, 0.2) is 12.0 Å². The second kappa shape index (κ2) is 6.22. The highest BCUT2D eigenvalue weighted by molar-refractivity contribution is 6.31. The van der Waals surface area contributed by atoms with Crippen LogP contribution in [0.2, 0.25) is 5.02 Å². The quantitative estimate of drug-likeness (QED) is 0.805. The van der Waals surface area contributed by atoms with Crippen LogP contribution in [0.4, 0.5) is 11.4 Å². The van der Waals surface area contributed by atoms with E-state index in [0.717, 1.165) is 0 Å². The average Bonchev–Trinajstić information content (AvgIpc) is 3.06. The molecule has 9 heteroatoms. The van der Waals surface area contributed by atoms with Crippen LogP contribution in [0.15, 0.2) is 47.5 Å². The predicted molar refractivity (Wildman–Crippen MR) is 104 cm³/mol. The minimum Gasteiger partial charge on any atom is -0.497 e. The molecule has 0 saturated heterocycles. The summed E-state index contributed by atoms with van der Waals surface area (Å²) in [6, 6.07) is 10.2. The molecule has 2 unspecified atom stereocenters. The molecule has 2 aromatic carbocycles. The van der Waals surface area contributed by atoms with E-state index in [9.17, 15) is 14.7 Å². The number of benzene rings is 2. The normalized spacial score (nSPS) is 23.9. The molecule has 144 valence electrons. The van der Waals surface area contributed by atoms with Gasteiger partial charge in [0.05, 0.1) is 12.8 Å². The van der Waals surface area contributed by atoms with Crippen LogP contribution >= 0.6 is 11.6 Å². The molecule has 0 bridgehead atoms. The highest BCUT2D eigenvalue weighted by Crippen LogP contribution is 2.48. The van der Waals surface area contributed by atoms with Crippen LogP contribution in [0.25, 0.3) is 0 Å². The summed E-state index contributed by atoms with van der Waals surface area (Å²) in [5.41, 5.74) is 4.69. The van der Waals surface area contributed by atoms with E-state index in [1.807, 2.05) is 0 Å². The number of halogens is 1. The first-order valence-corrected chi connectivity index (χ1v) is 8.78. The molecule has 2 atom stereocenters. The molecule has 2 aliphatic rings. The molecule has 3 N–H and O–H groups in total. The van der Waals surface area contributed by atoms with Crippen molar-refractivity contribution in [1.82, 2.24) is 4.90 Å². The van der Waals surface area contributed by atoms with Crippen molar-refractivity contribution in [3.05, 3.63) is 53.1 Å². The zero-order chi connectivity index (χ0) is 20.2. The maximum atomic E-state index is 13.5. The number of fused-ring (bicyclic) bond motifs is 1. The van der Waals surface area contributed by atoms with Crippen molar-refractivity contribution in [1.29, 1.82) is 0 Å². The third kappa shape index (κ3) is 2.38. The van der Waals surface area contributed by atoms with Gasteiger partial charge in [0.25, 0.3) is 11.8 Å². The van der Waals surface area contributed by atoms with Crippen molar-refractivity contribution >= 4 is 40.7 Å². The number of carbonyl (C=O) groups is 2. The van der Waals surface area contributed by atoms with Crippen LogP contribution in [0.1, 0.15) is 5.56 Å². The lowest BCUT2D eigenvalue weighted by atomic mass is 9.86. The molecule has 0 aliphatic carbocycles. The van der Waals surface area contributed by atoms with E-state index in [4.69, 9.17) is 22.1 Å². The highest BCUT2D eigenvalue weighted by atomic mass is 35.5. The number of nitrogens with zero attached hydrogens (tertiary/aromatic N) is 3. The highest BCUT2D eigenvalue weighted by Gasteiger charge is 2.61. The molecule has 0 saturated carbocycles. The Labute approximate surface area is 165 Å². The molecule has 0 spiro atoms. The van der Waals surface area contributed by atoms with E-state index in [1.165, 1.54) is 30.0 Å². The lowest BCUT2D eigenvalue weighted by Gasteiger charge is -2.32. The smallest absolute Gasteiger partial charge is 0.275 e. The first kappa shape index (κ1) is 18.3. The molecule has 2 aromatic rings. The van der Waals surface area contributed by atoms with E-state index in [-0.39, 0.29) is 11.5 Å². The molecule has 0 aromatic heterocycles. The Morgan fingerprint density at radius 3 is 2.46 bits per heavy atom. The summed E-state index contributed by atoms with van der Waals surface area (Å²) >= 11 is 6.13. The average molecular weight is 401 g/mol. The Bertz CT molecular complexity index is 1020. The Hall–Kier alpha value is -3.10. The summed E-state index contributed by atoms with van der Waals surface area (Å²) in [6.07, 6.45) is 0. The molecule has 28 heavy (non-hydrogen) atoms. The first-order valence-electron chi connectivity index (χ1n) is 8.41. The van der Waals surface area contributed by atoms with E-state index < -0.39 is 23.5 Å². The van der Waals surface area contributed by atoms with Crippen molar-refractivity contribution in [3.8, 4) is 5.75 Å². The van der Waals surface area contributed by atoms with Crippen molar-refractivity contribution in [2.45, 2.75) is 11.6 Å². The Balaban J connectivity index is 1.89. The van der Waals surface area contributed by atoms with Gasteiger partial charge >= 0.3 is 0 Å². The van der Waals surface area contributed by atoms with Crippen LogP contribution in [0, 0.1) is 0 Å². The number of carbonyl (C=O) groups excluding carboxylic acids is 2. The van der Waals surface area contributed by atoms with Crippen LogP contribution in [0.3, 0.4) is 0 Å². The van der Waals surface area contributed by atoms with Gasteiger partial charge in [0, 0.05) is 23.3 Å². The second-order valence-corrected chi connectivity index (χ2v) is 7.02. The number of anilines is 2. The van der Waals surface area contributed by atoms with Gasteiger partial charge in [-0.2, -0.15) is 4.99 Å². The molecule has 2 aliphatic heterocycles. The maximum absolute atomic E-state index is 13.5. The summed E-state index contributed by atoms with van der Waals surface area (Å²) < 4.78 is 5.16. The standard InChI is InChI=1S/C19H17ClN4O4/c1-23-15(16(25)22-18(23)21)19(27)13-9-10(20)3-8-14(13)24(17(19)26)11-4-6-12(28-2)7-5-11/h3-9,15,27H,1-2H3,(H2,21,22,25). The lowest BCUT2D eigenvalue weighted by Crippen LogP contribution is -2.57. The summed E-state index contributed by atoms with van der Waals surface area (Å²) in [6.45, 7) is 0. The summed E-state index contributed by atoms with van der Waals surface area (Å²) in [7, 11) is 3.04.